The molecule has 1 aliphatic rings. The number of ether oxygens (including phenoxy) is 1. The molecule has 0 heterocycles. The normalized spacial score (nSPS) is 13.3. The minimum Gasteiger partial charge on any atom is -0.463 e. The van der Waals surface area contributed by atoms with Crippen LogP contribution in [0.5, 0.6) is 0 Å². The van der Waals surface area contributed by atoms with Crippen LogP contribution in [-0.4, -0.2) is 43.0 Å². The van der Waals surface area contributed by atoms with E-state index in [2.05, 4.69) is 30.4 Å². The molecule has 5 nitrogen and oxygen atoms in total. The van der Waals surface area contributed by atoms with E-state index in [1.54, 1.807) is 11.9 Å². The van der Waals surface area contributed by atoms with Crippen LogP contribution in [0, 0.1) is 0 Å². The quantitative estimate of drug-likeness (QED) is 0.292. The van der Waals surface area contributed by atoms with E-state index in [9.17, 15) is 9.59 Å². The summed E-state index contributed by atoms with van der Waals surface area (Å²) in [6, 6.07) is 15.8. The van der Waals surface area contributed by atoms with Gasteiger partial charge in [-0.2, -0.15) is 0 Å². The van der Waals surface area contributed by atoms with Crippen LogP contribution in [0.3, 0.4) is 0 Å². The third kappa shape index (κ3) is 9.49. The summed E-state index contributed by atoms with van der Waals surface area (Å²) in [7, 11) is 1.80. The van der Waals surface area contributed by atoms with Crippen LogP contribution in [0.2, 0.25) is 5.02 Å². The molecule has 0 radical (unpaired) electrons. The van der Waals surface area contributed by atoms with Gasteiger partial charge >= 0.3 is 5.97 Å². The maximum Gasteiger partial charge on any atom is 0.306 e. The second-order valence-corrected chi connectivity index (χ2v) is 9.97. The number of amides is 1. The van der Waals surface area contributed by atoms with Crippen LogP contribution >= 0.6 is 11.6 Å². The van der Waals surface area contributed by atoms with E-state index >= 15 is 0 Å². The summed E-state index contributed by atoms with van der Waals surface area (Å²) >= 11 is 6.24. The number of hydrogen-bond acceptors (Lipinski definition) is 4. The van der Waals surface area contributed by atoms with Crippen molar-refractivity contribution in [2.75, 3.05) is 20.2 Å². The van der Waals surface area contributed by atoms with Crippen LogP contribution in [0.25, 0.3) is 12.2 Å². The van der Waals surface area contributed by atoms with Gasteiger partial charge in [-0.1, -0.05) is 84.3 Å². The van der Waals surface area contributed by atoms with Gasteiger partial charge in [0.2, 0.25) is 5.91 Å². The molecule has 0 fully saturated rings. The fourth-order valence-electron chi connectivity index (χ4n) is 4.53. The van der Waals surface area contributed by atoms with Crippen molar-refractivity contribution in [1.82, 2.24) is 4.90 Å². The molecule has 1 aliphatic carbocycles. The average molecular weight is 523 g/mol. The predicted octanol–water partition coefficient (Wildman–Crippen LogP) is 4.53. The van der Waals surface area contributed by atoms with Crippen molar-refractivity contribution in [2.24, 2.45) is 5.73 Å². The second-order valence-electron chi connectivity index (χ2n) is 9.56. The van der Waals surface area contributed by atoms with Crippen molar-refractivity contribution in [3.63, 3.8) is 0 Å². The minimum atomic E-state index is -0.237. The highest BCUT2D eigenvalue weighted by molar-refractivity contribution is 6.31. The molecule has 2 aromatic carbocycles. The number of unbranched alkanes of at least 4 members (excludes halogenated alkanes) is 1. The smallest absolute Gasteiger partial charge is 0.306 e. The molecular formula is C31H39ClN2O3. The van der Waals surface area contributed by atoms with Crippen molar-refractivity contribution in [2.45, 2.75) is 63.8 Å². The molecule has 2 aromatic rings. The zero-order valence-electron chi connectivity index (χ0n) is 21.8. The monoisotopic (exact) mass is 522 g/mol. The van der Waals surface area contributed by atoms with Gasteiger partial charge in [0.15, 0.2) is 0 Å². The highest BCUT2D eigenvalue weighted by atomic mass is 35.5. The number of nitrogens with zero attached hydrogens (tertiary/aromatic N) is 1. The number of esters is 1. The molecule has 2 N–H and O–H groups in total. The second kappa shape index (κ2) is 15.4. The number of rotatable bonds is 14. The molecule has 6 heteroatoms. The Labute approximate surface area is 225 Å². The standard InChI is InChI=1S/C31H39ClN2O3/c1-34(30(35)18-9-15-26-12-4-5-17-29(26)32)28(16-6-7-21-33)23-37-31(36)20-19-24-10-8-14-25-11-2-3-13-27(25)22-24/h2-5,10-14,17,22,28H,6-9,15-16,18-21,23,33H2,1H3/t28-/m0/s1. The number of carbonyl (C=O) groups is 2. The number of hydrogen-bond donors (Lipinski definition) is 1. The van der Waals surface area contributed by atoms with Gasteiger partial charge in [-0.3, -0.25) is 9.59 Å². The highest BCUT2D eigenvalue weighted by Crippen LogP contribution is 2.18. The molecule has 0 spiro atoms. The van der Waals surface area contributed by atoms with E-state index < -0.39 is 0 Å². The van der Waals surface area contributed by atoms with Crippen molar-refractivity contribution in [1.29, 1.82) is 0 Å². The van der Waals surface area contributed by atoms with Gasteiger partial charge in [0, 0.05) is 24.9 Å². The van der Waals surface area contributed by atoms with E-state index in [1.807, 2.05) is 36.4 Å². The lowest BCUT2D eigenvalue weighted by atomic mass is 10.1. The van der Waals surface area contributed by atoms with Crippen LogP contribution in [0.4, 0.5) is 0 Å². The number of allylic oxidation sites excluding steroid dienone is 2. The Morgan fingerprint density at radius 1 is 0.973 bits per heavy atom. The van der Waals surface area contributed by atoms with E-state index in [1.165, 1.54) is 10.4 Å². The van der Waals surface area contributed by atoms with E-state index in [4.69, 9.17) is 22.1 Å². The summed E-state index contributed by atoms with van der Waals surface area (Å²) in [6.45, 7) is 0.809. The topological polar surface area (TPSA) is 72.6 Å². The lowest BCUT2D eigenvalue weighted by Crippen LogP contribution is -2.40. The summed E-state index contributed by atoms with van der Waals surface area (Å²) in [4.78, 5) is 27.3. The van der Waals surface area contributed by atoms with Crippen molar-refractivity contribution < 1.29 is 14.3 Å². The van der Waals surface area contributed by atoms with Gasteiger partial charge < -0.3 is 15.4 Å². The summed E-state index contributed by atoms with van der Waals surface area (Å²) < 4.78 is 5.66. The Hall–Kier alpha value is -2.89. The Bertz CT molecular complexity index is 1190. The summed E-state index contributed by atoms with van der Waals surface area (Å²) in [6.07, 6.45) is 12.7. The predicted molar refractivity (Wildman–Crippen MR) is 151 cm³/mol. The molecule has 0 aromatic heterocycles. The number of likely N-dealkylation sites (N-methyl/N-ethyl adjacent to an activating group) is 1. The minimum absolute atomic E-state index is 0.0500. The molecule has 3 rings (SSSR count). The van der Waals surface area contributed by atoms with Crippen LogP contribution in [0.15, 0.2) is 60.2 Å². The van der Waals surface area contributed by atoms with Crippen LogP contribution in [-0.2, 0) is 20.7 Å². The van der Waals surface area contributed by atoms with Crippen molar-refractivity contribution in [3.05, 3.63) is 81.2 Å². The third-order valence-corrected chi connectivity index (χ3v) is 7.21. The van der Waals surface area contributed by atoms with Gasteiger partial charge in [0.05, 0.1) is 6.04 Å². The number of aryl methyl sites for hydroxylation is 1. The lowest BCUT2D eigenvalue weighted by Gasteiger charge is -2.28. The van der Waals surface area contributed by atoms with Crippen LogP contribution in [0.1, 0.15) is 56.9 Å². The molecule has 0 bridgehead atoms. The third-order valence-electron chi connectivity index (χ3n) is 6.84. The molecule has 0 unspecified atom stereocenters. The molecule has 198 valence electrons. The fraction of sp³-hybridized carbons (Fsp3) is 0.419. The largest absolute Gasteiger partial charge is 0.463 e. The first-order valence-corrected chi connectivity index (χ1v) is 13.7. The maximum absolute atomic E-state index is 12.9. The average Bonchev–Trinajstić information content (AvgIpc) is 3.12. The zero-order valence-corrected chi connectivity index (χ0v) is 22.6. The van der Waals surface area contributed by atoms with Gasteiger partial charge in [-0.05, 0) is 67.1 Å². The zero-order chi connectivity index (χ0) is 26.5. The Balaban J connectivity index is 1.49. The first-order valence-electron chi connectivity index (χ1n) is 13.3. The van der Waals surface area contributed by atoms with E-state index in [0.29, 0.717) is 32.2 Å². The Morgan fingerprint density at radius 2 is 1.73 bits per heavy atom. The highest BCUT2D eigenvalue weighted by Gasteiger charge is 2.21. The molecule has 37 heavy (non-hydrogen) atoms. The van der Waals surface area contributed by atoms with Crippen molar-refractivity contribution in [3.8, 4) is 0 Å². The van der Waals surface area contributed by atoms with E-state index in [-0.39, 0.29) is 24.5 Å². The SMILES string of the molecule is CN(C(=O)CCCc1ccccc1Cl)[C@@H](CCCCN)COC(=O)CCC1=CCC=c2ccccc2=C1. The van der Waals surface area contributed by atoms with Gasteiger partial charge in [0.25, 0.3) is 0 Å². The molecule has 1 atom stereocenters. The molecule has 0 aliphatic heterocycles. The number of nitrogens with two attached hydrogens (primary N) is 1. The molecule has 1 amide bonds. The van der Waals surface area contributed by atoms with Gasteiger partial charge in [-0.15, -0.1) is 0 Å². The molecule has 0 saturated heterocycles. The number of halogens is 1. The van der Waals surface area contributed by atoms with Gasteiger partial charge in [-0.25, -0.2) is 0 Å². The summed E-state index contributed by atoms with van der Waals surface area (Å²) in [5.74, 6) is -0.187. The first-order chi connectivity index (χ1) is 18.0. The Kier molecular flexibility index (Phi) is 11.9. The first kappa shape index (κ1) is 28.7. The summed E-state index contributed by atoms with van der Waals surface area (Å²) in [5, 5.41) is 3.12. The fourth-order valence-corrected chi connectivity index (χ4v) is 4.76. The summed E-state index contributed by atoms with van der Waals surface area (Å²) in [5.41, 5.74) is 7.86. The number of carbonyl (C=O) groups excluding carboxylic acids is 2. The Morgan fingerprint density at radius 3 is 2.51 bits per heavy atom. The number of fused-ring (bicyclic) bond motifs is 1. The van der Waals surface area contributed by atoms with Crippen molar-refractivity contribution >= 4 is 35.6 Å². The maximum atomic E-state index is 12.9. The number of benzene rings is 2. The molecular weight excluding hydrogens is 484 g/mol. The molecule has 0 saturated carbocycles. The van der Waals surface area contributed by atoms with Gasteiger partial charge in [0.1, 0.15) is 6.61 Å². The lowest BCUT2D eigenvalue weighted by molar-refractivity contribution is -0.148. The van der Waals surface area contributed by atoms with E-state index in [0.717, 1.165) is 48.3 Å². The van der Waals surface area contributed by atoms with Crippen LogP contribution < -0.4 is 16.2 Å².